The van der Waals surface area contributed by atoms with E-state index in [-0.39, 0.29) is 6.04 Å². The predicted molar refractivity (Wildman–Crippen MR) is 63.0 cm³/mol. The minimum Gasteiger partial charge on any atom is -0.389 e. The van der Waals surface area contributed by atoms with E-state index in [4.69, 9.17) is 5.73 Å². The average Bonchev–Trinajstić information content (AvgIpc) is 2.64. The molecule has 0 radical (unpaired) electrons. The van der Waals surface area contributed by atoms with Crippen LogP contribution in [0.5, 0.6) is 0 Å². The molecule has 1 aliphatic carbocycles. The number of nitrogens with zero attached hydrogens (tertiary/aromatic N) is 2. The molecule has 4 heteroatoms. The lowest BCUT2D eigenvalue weighted by atomic mass is 9.79. The van der Waals surface area contributed by atoms with Crippen LogP contribution in [-0.2, 0) is 13.0 Å². The maximum absolute atomic E-state index is 10.5. The third-order valence-electron chi connectivity index (χ3n) is 3.40. The molecule has 1 fully saturated rings. The molecule has 1 aliphatic rings. The molecule has 1 heterocycles. The van der Waals surface area contributed by atoms with Gasteiger partial charge < -0.3 is 10.8 Å². The Labute approximate surface area is 96.5 Å². The Balaban J connectivity index is 2.02. The van der Waals surface area contributed by atoms with E-state index in [1.165, 1.54) is 0 Å². The molecule has 1 saturated carbocycles. The van der Waals surface area contributed by atoms with Gasteiger partial charge in [-0.3, -0.25) is 4.68 Å². The van der Waals surface area contributed by atoms with Crippen LogP contribution in [0.2, 0.25) is 0 Å². The Morgan fingerprint density at radius 1 is 1.69 bits per heavy atom. The topological polar surface area (TPSA) is 64.1 Å². The summed E-state index contributed by atoms with van der Waals surface area (Å²) in [4.78, 5) is 0. The first-order valence-corrected chi connectivity index (χ1v) is 6.10. The van der Waals surface area contributed by atoms with E-state index in [2.05, 4.69) is 12.0 Å². The fourth-order valence-corrected chi connectivity index (χ4v) is 2.60. The highest BCUT2D eigenvalue weighted by Crippen LogP contribution is 2.30. The molecule has 1 aromatic heterocycles. The summed E-state index contributed by atoms with van der Waals surface area (Å²) in [6.45, 7) is 2.93. The molecule has 90 valence electrons. The van der Waals surface area contributed by atoms with Gasteiger partial charge in [-0.15, -0.1) is 0 Å². The molecule has 1 aromatic rings. The van der Waals surface area contributed by atoms with Crippen LogP contribution in [0.1, 0.15) is 38.2 Å². The molecule has 2 unspecified atom stereocenters. The van der Waals surface area contributed by atoms with Gasteiger partial charge in [0, 0.05) is 25.2 Å². The fourth-order valence-electron chi connectivity index (χ4n) is 2.60. The van der Waals surface area contributed by atoms with Crippen LogP contribution in [0, 0.1) is 0 Å². The average molecular weight is 223 g/mol. The van der Waals surface area contributed by atoms with Gasteiger partial charge in [-0.2, -0.15) is 5.10 Å². The zero-order valence-electron chi connectivity index (χ0n) is 9.89. The summed E-state index contributed by atoms with van der Waals surface area (Å²) in [5.41, 5.74) is 6.41. The highest BCUT2D eigenvalue weighted by atomic mass is 16.3. The van der Waals surface area contributed by atoms with Crippen LogP contribution in [0.25, 0.3) is 0 Å². The second-order valence-electron chi connectivity index (χ2n) is 4.96. The van der Waals surface area contributed by atoms with Crippen LogP contribution in [0.4, 0.5) is 0 Å². The highest BCUT2D eigenvalue weighted by molar-refractivity contribution is 5.09. The van der Waals surface area contributed by atoms with E-state index in [1.54, 1.807) is 0 Å². The van der Waals surface area contributed by atoms with Crippen LogP contribution in [0.3, 0.4) is 0 Å². The van der Waals surface area contributed by atoms with Crippen LogP contribution in [-0.4, -0.2) is 26.5 Å². The first kappa shape index (κ1) is 11.6. The number of hydrogen-bond donors (Lipinski definition) is 2. The molecule has 0 aliphatic heterocycles. The van der Waals surface area contributed by atoms with E-state index in [0.29, 0.717) is 12.8 Å². The molecule has 0 bridgehead atoms. The molecule has 0 spiro atoms. The summed E-state index contributed by atoms with van der Waals surface area (Å²) < 4.78 is 1.89. The molecular weight excluding hydrogens is 202 g/mol. The standard InChI is InChI=1S/C12H21N3O/c1-2-15-9-10(8-14-15)6-12(16)5-3-4-11(13)7-12/h8-9,11,16H,2-7,13H2,1H3. The SMILES string of the molecule is CCn1cc(CC2(O)CCCC(N)C2)cn1. The van der Waals surface area contributed by atoms with Crippen molar-refractivity contribution >= 4 is 0 Å². The van der Waals surface area contributed by atoms with Crippen LogP contribution >= 0.6 is 0 Å². The molecule has 2 atom stereocenters. The minimum atomic E-state index is -0.612. The smallest absolute Gasteiger partial charge is 0.0703 e. The van der Waals surface area contributed by atoms with Gasteiger partial charge in [0.2, 0.25) is 0 Å². The maximum Gasteiger partial charge on any atom is 0.0703 e. The van der Waals surface area contributed by atoms with E-state index < -0.39 is 5.60 Å². The first-order valence-electron chi connectivity index (χ1n) is 6.10. The Morgan fingerprint density at radius 2 is 2.50 bits per heavy atom. The summed E-state index contributed by atoms with van der Waals surface area (Å²) in [5.74, 6) is 0. The van der Waals surface area contributed by atoms with Crippen molar-refractivity contribution in [3.8, 4) is 0 Å². The highest BCUT2D eigenvalue weighted by Gasteiger charge is 2.33. The lowest BCUT2D eigenvalue weighted by Gasteiger charge is -2.35. The zero-order chi connectivity index (χ0) is 11.6. The molecular formula is C12H21N3O. The molecule has 0 saturated heterocycles. The van der Waals surface area contributed by atoms with Crippen molar-refractivity contribution in [2.75, 3.05) is 0 Å². The largest absolute Gasteiger partial charge is 0.389 e. The number of aryl methyl sites for hydroxylation is 1. The van der Waals surface area contributed by atoms with Gasteiger partial charge in [0.25, 0.3) is 0 Å². The third kappa shape index (κ3) is 2.62. The summed E-state index contributed by atoms with van der Waals surface area (Å²) in [6.07, 6.45) is 8.18. The normalized spacial score (nSPS) is 30.6. The molecule has 3 N–H and O–H groups in total. The van der Waals surface area contributed by atoms with Crippen molar-refractivity contribution in [3.05, 3.63) is 18.0 Å². The van der Waals surface area contributed by atoms with Gasteiger partial charge in [-0.05, 0) is 38.2 Å². The van der Waals surface area contributed by atoms with Crippen molar-refractivity contribution in [3.63, 3.8) is 0 Å². The Morgan fingerprint density at radius 3 is 3.12 bits per heavy atom. The van der Waals surface area contributed by atoms with Gasteiger partial charge in [-0.25, -0.2) is 0 Å². The number of aromatic nitrogens is 2. The Kier molecular flexibility index (Phi) is 3.30. The van der Waals surface area contributed by atoms with Gasteiger partial charge in [0.15, 0.2) is 0 Å². The first-order chi connectivity index (χ1) is 7.61. The van der Waals surface area contributed by atoms with Crippen molar-refractivity contribution in [1.82, 2.24) is 9.78 Å². The predicted octanol–water partition coefficient (Wildman–Crippen LogP) is 1.08. The number of rotatable bonds is 3. The summed E-state index contributed by atoms with van der Waals surface area (Å²) in [5, 5.41) is 14.7. The van der Waals surface area contributed by atoms with E-state index in [1.807, 2.05) is 17.1 Å². The second-order valence-corrected chi connectivity index (χ2v) is 4.96. The van der Waals surface area contributed by atoms with Crippen LogP contribution in [0.15, 0.2) is 12.4 Å². The molecule has 0 amide bonds. The van der Waals surface area contributed by atoms with Crippen molar-refractivity contribution in [1.29, 1.82) is 0 Å². The summed E-state index contributed by atoms with van der Waals surface area (Å²) >= 11 is 0. The minimum absolute atomic E-state index is 0.153. The fraction of sp³-hybridized carbons (Fsp3) is 0.750. The van der Waals surface area contributed by atoms with Gasteiger partial charge >= 0.3 is 0 Å². The lowest BCUT2D eigenvalue weighted by molar-refractivity contribution is -0.00192. The van der Waals surface area contributed by atoms with Crippen molar-refractivity contribution < 1.29 is 5.11 Å². The van der Waals surface area contributed by atoms with E-state index >= 15 is 0 Å². The van der Waals surface area contributed by atoms with Crippen LogP contribution < -0.4 is 5.73 Å². The molecule has 16 heavy (non-hydrogen) atoms. The number of hydrogen-bond acceptors (Lipinski definition) is 3. The van der Waals surface area contributed by atoms with E-state index in [0.717, 1.165) is 31.4 Å². The second kappa shape index (κ2) is 4.55. The van der Waals surface area contributed by atoms with Crippen molar-refractivity contribution in [2.24, 2.45) is 5.73 Å². The summed E-state index contributed by atoms with van der Waals surface area (Å²) in [6, 6.07) is 0.153. The van der Waals surface area contributed by atoms with E-state index in [9.17, 15) is 5.11 Å². The summed E-state index contributed by atoms with van der Waals surface area (Å²) in [7, 11) is 0. The van der Waals surface area contributed by atoms with Gasteiger partial charge in [0.1, 0.15) is 0 Å². The van der Waals surface area contributed by atoms with Crippen molar-refractivity contribution in [2.45, 2.75) is 57.2 Å². The number of nitrogens with two attached hydrogens (primary N) is 1. The Bertz CT molecular complexity index is 350. The van der Waals surface area contributed by atoms with Gasteiger partial charge in [0.05, 0.1) is 11.8 Å². The molecule has 4 nitrogen and oxygen atoms in total. The number of aliphatic hydroxyl groups is 1. The molecule has 0 aromatic carbocycles. The quantitative estimate of drug-likeness (QED) is 0.806. The lowest BCUT2D eigenvalue weighted by Crippen LogP contribution is -2.42. The molecule has 2 rings (SSSR count). The monoisotopic (exact) mass is 223 g/mol. The van der Waals surface area contributed by atoms with Gasteiger partial charge in [-0.1, -0.05) is 0 Å². The maximum atomic E-state index is 10.5. The zero-order valence-corrected chi connectivity index (χ0v) is 9.89. The third-order valence-corrected chi connectivity index (χ3v) is 3.40. The Hall–Kier alpha value is -0.870.